The molecule has 0 aromatic rings. The number of amidine groups is 1. The molecular formula is C14H25N3O6. The summed E-state index contributed by atoms with van der Waals surface area (Å²) in [6.45, 7) is 4.39. The first-order valence-electron chi connectivity index (χ1n) is 7.25. The van der Waals surface area contributed by atoms with E-state index in [0.717, 1.165) is 0 Å². The van der Waals surface area contributed by atoms with Gasteiger partial charge in [-0.3, -0.25) is 9.59 Å². The van der Waals surface area contributed by atoms with Crippen LogP contribution in [0.5, 0.6) is 0 Å². The van der Waals surface area contributed by atoms with Crippen LogP contribution in [0.25, 0.3) is 0 Å². The second kappa shape index (κ2) is 11.4. The van der Waals surface area contributed by atoms with Crippen molar-refractivity contribution in [3.8, 4) is 0 Å². The monoisotopic (exact) mass is 331 g/mol. The molecule has 0 rings (SSSR count). The quantitative estimate of drug-likeness (QED) is 0.172. The van der Waals surface area contributed by atoms with Crippen LogP contribution in [0.1, 0.15) is 40.0 Å². The molecule has 9 heteroatoms. The van der Waals surface area contributed by atoms with Crippen molar-refractivity contribution in [1.29, 1.82) is 0 Å². The number of hydroxylamine groups is 2. The number of carbonyl (C=O) groups is 3. The van der Waals surface area contributed by atoms with Crippen LogP contribution in [0.3, 0.4) is 0 Å². The molecule has 1 atom stereocenters. The lowest BCUT2D eigenvalue weighted by Gasteiger charge is -2.21. The van der Waals surface area contributed by atoms with Gasteiger partial charge in [0.2, 0.25) is 0 Å². The minimum absolute atomic E-state index is 0.244. The van der Waals surface area contributed by atoms with E-state index in [1.165, 1.54) is 26.0 Å². The second-order valence-electron chi connectivity index (χ2n) is 4.77. The summed E-state index contributed by atoms with van der Waals surface area (Å²) in [6.07, 6.45) is 1.91. The fourth-order valence-electron chi connectivity index (χ4n) is 1.73. The molecule has 9 nitrogen and oxygen atoms in total. The Hall–Kier alpha value is -2.16. The van der Waals surface area contributed by atoms with Gasteiger partial charge in [-0.05, 0) is 26.3 Å². The number of esters is 1. The molecule has 0 saturated heterocycles. The fourth-order valence-corrected chi connectivity index (χ4v) is 1.73. The molecule has 0 aromatic heterocycles. The maximum absolute atomic E-state index is 11.4. The Morgan fingerprint density at radius 3 is 2.26 bits per heavy atom. The van der Waals surface area contributed by atoms with Crippen molar-refractivity contribution in [3.05, 3.63) is 0 Å². The Balaban J connectivity index is 4.45. The molecule has 1 N–H and O–H groups in total. The first kappa shape index (κ1) is 20.8. The number of rotatable bonds is 8. The number of hydrogen-bond acceptors (Lipinski definition) is 8. The van der Waals surface area contributed by atoms with Crippen molar-refractivity contribution in [3.63, 3.8) is 0 Å². The summed E-state index contributed by atoms with van der Waals surface area (Å²) in [5.41, 5.74) is 0. The number of unbranched alkanes of at least 4 members (excludes halogenated alkanes) is 1. The SMILES string of the molecule is CN[C@@H](CCCCN(OC(C)=O)/C(C)=N/OC(C)=O)C(=O)OC. The second-order valence-corrected chi connectivity index (χ2v) is 4.77. The molecule has 0 aromatic carbocycles. The smallest absolute Gasteiger partial charge is 0.332 e. The molecular weight excluding hydrogens is 306 g/mol. The summed E-state index contributed by atoms with van der Waals surface area (Å²) in [5, 5.41) is 7.70. The maximum atomic E-state index is 11.4. The molecule has 0 aliphatic heterocycles. The van der Waals surface area contributed by atoms with Crippen molar-refractivity contribution >= 4 is 23.7 Å². The van der Waals surface area contributed by atoms with Gasteiger partial charge in [-0.1, -0.05) is 5.16 Å². The molecule has 0 amide bonds. The van der Waals surface area contributed by atoms with Crippen molar-refractivity contribution in [1.82, 2.24) is 10.4 Å². The van der Waals surface area contributed by atoms with Gasteiger partial charge in [-0.2, -0.15) is 5.06 Å². The van der Waals surface area contributed by atoms with Gasteiger partial charge in [-0.15, -0.1) is 0 Å². The molecule has 0 aliphatic carbocycles. The molecule has 0 bridgehead atoms. The first-order chi connectivity index (χ1) is 10.8. The summed E-state index contributed by atoms with van der Waals surface area (Å²) < 4.78 is 4.68. The molecule has 0 radical (unpaired) electrons. The molecule has 0 aliphatic rings. The number of methoxy groups -OCH3 is 1. The predicted octanol–water partition coefficient (Wildman–Crippen LogP) is 0.594. The normalized spacial score (nSPS) is 12.3. The van der Waals surface area contributed by atoms with Gasteiger partial charge in [-0.25, -0.2) is 4.79 Å². The van der Waals surface area contributed by atoms with E-state index in [4.69, 9.17) is 4.84 Å². The minimum atomic E-state index is -0.568. The van der Waals surface area contributed by atoms with Crippen LogP contribution in [0.4, 0.5) is 0 Å². The Bertz CT molecular complexity index is 438. The van der Waals surface area contributed by atoms with E-state index in [0.29, 0.717) is 25.8 Å². The maximum Gasteiger partial charge on any atom is 0.332 e. The van der Waals surface area contributed by atoms with E-state index >= 15 is 0 Å². The Kier molecular flexibility index (Phi) is 10.3. The van der Waals surface area contributed by atoms with E-state index < -0.39 is 11.9 Å². The third kappa shape index (κ3) is 9.46. The Morgan fingerprint density at radius 2 is 1.78 bits per heavy atom. The van der Waals surface area contributed by atoms with Crippen LogP contribution in [0.2, 0.25) is 0 Å². The zero-order valence-corrected chi connectivity index (χ0v) is 14.2. The van der Waals surface area contributed by atoms with Gasteiger partial charge in [0.1, 0.15) is 6.04 Å². The summed E-state index contributed by atoms with van der Waals surface area (Å²) in [7, 11) is 3.02. The van der Waals surface area contributed by atoms with Gasteiger partial charge in [0.15, 0.2) is 5.84 Å². The molecule has 0 saturated carbocycles. The van der Waals surface area contributed by atoms with Crippen LogP contribution in [0, 0.1) is 0 Å². The zero-order chi connectivity index (χ0) is 17.8. The summed E-state index contributed by atoms with van der Waals surface area (Å²) in [4.78, 5) is 42.8. The van der Waals surface area contributed by atoms with E-state index in [1.54, 1.807) is 14.0 Å². The average molecular weight is 331 g/mol. The molecule has 0 unspecified atom stereocenters. The minimum Gasteiger partial charge on any atom is -0.468 e. The van der Waals surface area contributed by atoms with Crippen molar-refractivity contribution in [2.75, 3.05) is 20.7 Å². The number of carbonyl (C=O) groups excluding carboxylic acids is 3. The van der Waals surface area contributed by atoms with Gasteiger partial charge in [0.05, 0.1) is 13.7 Å². The average Bonchev–Trinajstić information content (AvgIpc) is 2.50. The zero-order valence-electron chi connectivity index (χ0n) is 14.2. The highest BCUT2D eigenvalue weighted by atomic mass is 16.7. The van der Waals surface area contributed by atoms with E-state index in [2.05, 4.69) is 20.0 Å². The van der Waals surface area contributed by atoms with Crippen LogP contribution in [-0.2, 0) is 28.8 Å². The van der Waals surface area contributed by atoms with Crippen LogP contribution >= 0.6 is 0 Å². The van der Waals surface area contributed by atoms with E-state index in [9.17, 15) is 14.4 Å². The number of nitrogens with one attached hydrogen (secondary N) is 1. The third-order valence-corrected chi connectivity index (χ3v) is 2.84. The molecule has 0 spiro atoms. The largest absolute Gasteiger partial charge is 0.468 e. The highest BCUT2D eigenvalue weighted by molar-refractivity contribution is 5.80. The standard InChI is InChI=1S/C14H25N3O6/c1-10(16-22-11(2)18)17(23-12(3)19)9-7-6-8-13(15-4)14(20)21-5/h13,15H,6-9H2,1-5H3/b16-10+/t13-/m0/s1. The number of likely N-dealkylation sites (N-methyl/N-ethyl adjacent to an activating group) is 1. The van der Waals surface area contributed by atoms with E-state index in [1.807, 2.05) is 0 Å². The third-order valence-electron chi connectivity index (χ3n) is 2.84. The summed E-state index contributed by atoms with van der Waals surface area (Å²) >= 11 is 0. The highest BCUT2D eigenvalue weighted by Gasteiger charge is 2.17. The van der Waals surface area contributed by atoms with Gasteiger partial charge in [0.25, 0.3) is 0 Å². The van der Waals surface area contributed by atoms with Gasteiger partial charge < -0.3 is 19.7 Å². The van der Waals surface area contributed by atoms with Crippen LogP contribution in [0.15, 0.2) is 5.16 Å². The Morgan fingerprint density at radius 1 is 1.13 bits per heavy atom. The molecule has 0 fully saturated rings. The van der Waals surface area contributed by atoms with Crippen LogP contribution in [-0.4, -0.2) is 55.6 Å². The highest BCUT2D eigenvalue weighted by Crippen LogP contribution is 2.06. The van der Waals surface area contributed by atoms with Crippen molar-refractivity contribution in [2.24, 2.45) is 5.16 Å². The van der Waals surface area contributed by atoms with Gasteiger partial charge >= 0.3 is 17.9 Å². The topological polar surface area (TPSA) is 107 Å². The summed E-state index contributed by atoms with van der Waals surface area (Å²) in [5.74, 6) is -1.16. The first-order valence-corrected chi connectivity index (χ1v) is 7.25. The number of ether oxygens (including phenoxy) is 1. The number of oxime groups is 1. The summed E-state index contributed by atoms with van der Waals surface area (Å²) in [6, 6.07) is -0.377. The number of hydrogen-bond donors (Lipinski definition) is 1. The number of nitrogens with zero attached hydrogens (tertiary/aromatic N) is 2. The van der Waals surface area contributed by atoms with Gasteiger partial charge in [0, 0.05) is 20.8 Å². The predicted molar refractivity (Wildman–Crippen MR) is 82.1 cm³/mol. The Labute approximate surface area is 135 Å². The van der Waals surface area contributed by atoms with Crippen molar-refractivity contribution < 1.29 is 28.8 Å². The lowest BCUT2D eigenvalue weighted by Crippen LogP contribution is -2.35. The van der Waals surface area contributed by atoms with Crippen molar-refractivity contribution in [2.45, 2.75) is 46.1 Å². The van der Waals surface area contributed by atoms with Crippen LogP contribution < -0.4 is 5.32 Å². The molecule has 132 valence electrons. The molecule has 0 heterocycles. The van der Waals surface area contributed by atoms with E-state index in [-0.39, 0.29) is 17.8 Å². The lowest BCUT2D eigenvalue weighted by molar-refractivity contribution is -0.170. The fraction of sp³-hybridized carbons (Fsp3) is 0.714. The molecule has 23 heavy (non-hydrogen) atoms. The lowest BCUT2D eigenvalue weighted by atomic mass is 10.1.